The maximum absolute atomic E-state index is 14.3. The Kier molecular flexibility index (Phi) is 10.9. The number of hydrogen-bond acceptors (Lipinski definition) is 9. The van der Waals surface area contributed by atoms with E-state index in [0.29, 0.717) is 42.1 Å². The Morgan fingerprint density at radius 3 is 2.42 bits per heavy atom. The molecule has 0 fully saturated rings. The van der Waals surface area contributed by atoms with E-state index in [1.807, 2.05) is 32.9 Å². The number of carbonyl (C=O) groups is 4. The summed E-state index contributed by atoms with van der Waals surface area (Å²) in [6.07, 6.45) is 0.917. The van der Waals surface area contributed by atoms with E-state index in [-0.39, 0.29) is 23.5 Å². The number of hydrogen-bond donors (Lipinski definition) is 3. The molecule has 3 amide bonds. The Morgan fingerprint density at radius 2 is 1.72 bits per heavy atom. The molecule has 12 heteroatoms. The lowest BCUT2D eigenvalue weighted by molar-refractivity contribution is 0.0522. The molecule has 0 bridgehead atoms. The van der Waals surface area contributed by atoms with Crippen molar-refractivity contribution >= 4 is 40.9 Å². The number of anilines is 1. The average Bonchev–Trinajstić information content (AvgIpc) is 3.36. The van der Waals surface area contributed by atoms with Crippen LogP contribution in [0.4, 0.5) is 10.5 Å². The van der Waals surface area contributed by atoms with Gasteiger partial charge in [0.2, 0.25) is 0 Å². The number of aryl methyl sites for hydroxylation is 2. The lowest BCUT2D eigenvalue weighted by Crippen LogP contribution is -2.32. The third kappa shape index (κ3) is 8.31. The van der Waals surface area contributed by atoms with Gasteiger partial charge in [-0.3, -0.25) is 9.59 Å². The number of rotatable bonds is 9. The van der Waals surface area contributed by atoms with Crippen LogP contribution in [0, 0.1) is 13.8 Å². The van der Waals surface area contributed by atoms with Crippen molar-refractivity contribution < 1.29 is 33.4 Å². The number of thiophene rings is 1. The van der Waals surface area contributed by atoms with Gasteiger partial charge in [-0.05, 0) is 94.1 Å². The number of alkyl carbamates (subject to hydrolysis) is 1. The van der Waals surface area contributed by atoms with Crippen LogP contribution in [0.25, 0.3) is 21.6 Å². The van der Waals surface area contributed by atoms with Crippen molar-refractivity contribution in [2.45, 2.75) is 66.5 Å². The molecule has 2 aromatic carbocycles. The zero-order valence-corrected chi connectivity index (χ0v) is 30.2. The molecule has 262 valence electrons. The number of fused-ring (bicyclic) bond motifs is 3. The summed E-state index contributed by atoms with van der Waals surface area (Å²) in [7, 11) is 1.24. The van der Waals surface area contributed by atoms with Crippen molar-refractivity contribution in [2.24, 2.45) is 0 Å². The van der Waals surface area contributed by atoms with Crippen LogP contribution in [0.5, 0.6) is 5.75 Å². The van der Waals surface area contributed by atoms with Crippen LogP contribution < -0.4 is 20.7 Å². The number of nitrogens with zero attached hydrogens (tertiary/aromatic N) is 1. The molecule has 2 aromatic heterocycles. The van der Waals surface area contributed by atoms with Gasteiger partial charge in [-0.25, -0.2) is 14.6 Å². The van der Waals surface area contributed by atoms with Crippen LogP contribution in [-0.2, 0) is 22.4 Å². The molecule has 0 atom stereocenters. The summed E-state index contributed by atoms with van der Waals surface area (Å²) in [5.41, 5.74) is 4.38. The quantitative estimate of drug-likeness (QED) is 0.155. The number of ether oxygens (including phenoxy) is 3. The van der Waals surface area contributed by atoms with Gasteiger partial charge in [0.05, 0.1) is 13.7 Å². The van der Waals surface area contributed by atoms with Crippen LogP contribution in [0.2, 0.25) is 0 Å². The number of nitrogens with one attached hydrogen (secondary N) is 3. The first-order valence-electron chi connectivity index (χ1n) is 16.4. The molecular weight excluding hydrogens is 657 g/mol. The molecule has 3 heterocycles. The minimum atomic E-state index is -0.755. The van der Waals surface area contributed by atoms with Gasteiger partial charge in [0.1, 0.15) is 17.0 Å². The minimum absolute atomic E-state index is 0.0511. The topological polar surface area (TPSA) is 145 Å². The largest absolute Gasteiger partial charge is 0.493 e. The molecule has 3 N–H and O–H groups in total. The highest BCUT2D eigenvalue weighted by molar-refractivity contribution is 7.15. The lowest BCUT2D eigenvalue weighted by atomic mass is 9.93. The summed E-state index contributed by atoms with van der Waals surface area (Å²) < 4.78 is 16.6. The molecule has 4 aromatic rings. The van der Waals surface area contributed by atoms with Crippen molar-refractivity contribution in [3.8, 4) is 27.3 Å². The van der Waals surface area contributed by atoms with Crippen LogP contribution in [0.15, 0.2) is 48.5 Å². The smallest absolute Gasteiger partial charge is 0.407 e. The predicted octanol–water partition coefficient (Wildman–Crippen LogP) is 7.23. The maximum Gasteiger partial charge on any atom is 0.407 e. The summed E-state index contributed by atoms with van der Waals surface area (Å²) in [5, 5.41) is 8.56. The minimum Gasteiger partial charge on any atom is -0.493 e. The van der Waals surface area contributed by atoms with Gasteiger partial charge >= 0.3 is 12.1 Å². The summed E-state index contributed by atoms with van der Waals surface area (Å²) >= 11 is 1.63. The highest BCUT2D eigenvalue weighted by atomic mass is 32.1. The molecule has 50 heavy (non-hydrogen) atoms. The molecular formula is C38H42N4O7S. The number of aromatic nitrogens is 1. The summed E-state index contributed by atoms with van der Waals surface area (Å²) in [4.78, 5) is 59.0. The van der Waals surface area contributed by atoms with Gasteiger partial charge < -0.3 is 30.2 Å². The van der Waals surface area contributed by atoms with Crippen LogP contribution in [0.1, 0.15) is 87.0 Å². The van der Waals surface area contributed by atoms with E-state index in [0.717, 1.165) is 38.4 Å². The number of pyridine rings is 1. The second-order valence-electron chi connectivity index (χ2n) is 13.0. The molecule has 0 saturated heterocycles. The molecule has 11 nitrogen and oxygen atoms in total. The number of carbonyl (C=O) groups excluding carboxylic acids is 4. The van der Waals surface area contributed by atoms with E-state index in [2.05, 4.69) is 27.0 Å². The van der Waals surface area contributed by atoms with Gasteiger partial charge in [0.15, 0.2) is 5.69 Å². The lowest BCUT2D eigenvalue weighted by Gasteiger charge is -2.20. The Morgan fingerprint density at radius 1 is 0.940 bits per heavy atom. The Balaban J connectivity index is 1.56. The van der Waals surface area contributed by atoms with Crippen LogP contribution >= 0.6 is 11.3 Å². The molecule has 0 saturated carbocycles. The van der Waals surface area contributed by atoms with E-state index in [9.17, 15) is 19.2 Å². The average molecular weight is 699 g/mol. The molecule has 1 aliphatic heterocycles. The molecule has 0 aliphatic carbocycles. The van der Waals surface area contributed by atoms with Gasteiger partial charge in [-0.1, -0.05) is 19.1 Å². The van der Waals surface area contributed by atoms with Crippen molar-refractivity contribution in [2.75, 3.05) is 25.6 Å². The predicted molar refractivity (Wildman–Crippen MR) is 193 cm³/mol. The normalized spacial score (nSPS) is 12.1. The SMILES string of the molecule is CCCNC(=O)c1ccc(-c2cc3c(cc2C(=O)Nc2ccc(CNC(=O)OC(C)(C)C)cc2C)-c2sc(C)cc2CCO3)c(C(=O)OC)n1. The van der Waals surface area contributed by atoms with Gasteiger partial charge in [0, 0.05) is 57.2 Å². The first-order valence-corrected chi connectivity index (χ1v) is 17.3. The standard InChI is InChI=1S/C38H42N4O7S/c1-8-14-39-35(44)30-12-10-25(32(41-30)36(45)47-7)26-19-31-28(33-24(13-15-48-31)17-22(3)50-33)18-27(26)34(43)42-29-11-9-23(16-21(29)2)20-40-37(46)49-38(4,5)6/h9-12,16-19H,8,13-15,20H2,1-7H3,(H,39,44)(H,40,46)(H,42,43). The van der Waals surface area contributed by atoms with E-state index in [1.165, 1.54) is 13.2 Å². The van der Waals surface area contributed by atoms with E-state index in [1.54, 1.807) is 56.4 Å². The number of amides is 3. The van der Waals surface area contributed by atoms with Crippen molar-refractivity contribution in [3.63, 3.8) is 0 Å². The highest BCUT2D eigenvalue weighted by Gasteiger charge is 2.27. The second-order valence-corrected chi connectivity index (χ2v) is 14.3. The monoisotopic (exact) mass is 698 g/mol. The fourth-order valence-electron chi connectivity index (χ4n) is 5.58. The number of methoxy groups -OCH3 is 1. The first kappa shape index (κ1) is 36.1. The Hall–Kier alpha value is -5.23. The third-order valence-electron chi connectivity index (χ3n) is 7.88. The molecule has 1 aliphatic rings. The molecule has 0 radical (unpaired) electrons. The van der Waals surface area contributed by atoms with E-state index < -0.39 is 29.5 Å². The fraction of sp³-hybridized carbons (Fsp3) is 0.342. The highest BCUT2D eigenvalue weighted by Crippen LogP contribution is 2.44. The molecule has 0 spiro atoms. The van der Waals surface area contributed by atoms with E-state index >= 15 is 0 Å². The van der Waals surface area contributed by atoms with Gasteiger partial charge in [0.25, 0.3) is 11.8 Å². The summed E-state index contributed by atoms with van der Waals surface area (Å²) in [5.74, 6) is -1.04. The fourth-order valence-corrected chi connectivity index (χ4v) is 6.66. The zero-order chi connectivity index (χ0) is 36.2. The molecule has 5 rings (SSSR count). The zero-order valence-electron chi connectivity index (χ0n) is 29.4. The maximum atomic E-state index is 14.3. The van der Waals surface area contributed by atoms with Crippen LogP contribution in [0.3, 0.4) is 0 Å². The second kappa shape index (κ2) is 15.1. The summed E-state index contributed by atoms with van der Waals surface area (Å²) in [6, 6.07) is 14.3. The van der Waals surface area contributed by atoms with E-state index in [4.69, 9.17) is 14.2 Å². The Bertz CT molecular complexity index is 1960. The van der Waals surface area contributed by atoms with Crippen molar-refractivity contribution in [3.05, 3.63) is 87.0 Å². The van der Waals surface area contributed by atoms with Crippen molar-refractivity contribution in [1.29, 1.82) is 0 Å². The van der Waals surface area contributed by atoms with Crippen LogP contribution in [-0.4, -0.2) is 54.7 Å². The van der Waals surface area contributed by atoms with Gasteiger partial charge in [-0.15, -0.1) is 11.3 Å². The molecule has 0 unspecified atom stereocenters. The number of benzene rings is 2. The van der Waals surface area contributed by atoms with Crippen molar-refractivity contribution in [1.82, 2.24) is 15.6 Å². The third-order valence-corrected chi connectivity index (χ3v) is 9.00. The van der Waals surface area contributed by atoms with Gasteiger partial charge in [-0.2, -0.15) is 0 Å². The first-order chi connectivity index (χ1) is 23.8. The summed E-state index contributed by atoms with van der Waals surface area (Å²) in [6.45, 7) is 12.4. The number of esters is 1. The Labute approximate surface area is 295 Å².